The van der Waals surface area contributed by atoms with E-state index in [4.69, 9.17) is 4.74 Å². The third kappa shape index (κ3) is 4.59. The van der Waals surface area contributed by atoms with Crippen molar-refractivity contribution in [1.29, 1.82) is 0 Å². The smallest absolute Gasteiger partial charge is 0.335 e. The second kappa shape index (κ2) is 7.68. The maximum absolute atomic E-state index is 14.0. The van der Waals surface area contributed by atoms with Crippen LogP contribution in [-0.4, -0.2) is 39.8 Å². The van der Waals surface area contributed by atoms with Crippen LogP contribution in [-0.2, 0) is 14.8 Å². The van der Waals surface area contributed by atoms with Gasteiger partial charge in [-0.15, -0.1) is 0 Å². The molecule has 0 aromatic heterocycles. The maximum atomic E-state index is 14.0. The van der Waals surface area contributed by atoms with E-state index < -0.39 is 27.6 Å². The van der Waals surface area contributed by atoms with Gasteiger partial charge in [0.05, 0.1) is 17.1 Å². The van der Waals surface area contributed by atoms with Gasteiger partial charge in [0.15, 0.2) is 0 Å². The molecule has 0 bridgehead atoms. The molecule has 2 N–H and O–H groups in total. The second-order valence-corrected chi connectivity index (χ2v) is 6.83. The first-order chi connectivity index (χ1) is 11.7. The minimum atomic E-state index is -4.03. The number of methoxy groups -OCH3 is 1. The molecule has 9 heteroatoms. The van der Waals surface area contributed by atoms with Crippen LogP contribution in [0.1, 0.15) is 10.4 Å². The van der Waals surface area contributed by atoms with Gasteiger partial charge in [-0.25, -0.2) is 26.7 Å². The zero-order chi connectivity index (χ0) is 18.6. The SMILES string of the molecule is COCCNS(=O)(=O)c1cc(C(=O)O)cc(-c2ccc(F)cc2F)c1. The molecule has 0 unspecified atom stereocenters. The number of carboxylic acid groups (broad SMARTS) is 1. The summed E-state index contributed by atoms with van der Waals surface area (Å²) in [5.74, 6) is -3.11. The fraction of sp³-hybridized carbons (Fsp3) is 0.188. The van der Waals surface area contributed by atoms with Gasteiger partial charge >= 0.3 is 5.97 Å². The van der Waals surface area contributed by atoms with E-state index in [0.717, 1.165) is 30.3 Å². The van der Waals surface area contributed by atoms with E-state index in [1.54, 1.807) is 0 Å². The van der Waals surface area contributed by atoms with Crippen LogP contribution in [0.5, 0.6) is 0 Å². The summed E-state index contributed by atoms with van der Waals surface area (Å²) in [4.78, 5) is 10.9. The van der Waals surface area contributed by atoms with Crippen molar-refractivity contribution < 1.29 is 31.8 Å². The van der Waals surface area contributed by atoms with E-state index in [9.17, 15) is 27.1 Å². The van der Waals surface area contributed by atoms with Crippen molar-refractivity contribution in [3.05, 3.63) is 53.6 Å². The summed E-state index contributed by atoms with van der Waals surface area (Å²) >= 11 is 0. The monoisotopic (exact) mass is 371 g/mol. The molecular formula is C16H15F2NO5S. The van der Waals surface area contributed by atoms with Crippen LogP contribution in [0.2, 0.25) is 0 Å². The number of carboxylic acids is 1. The summed E-state index contributed by atoms with van der Waals surface area (Å²) in [7, 11) is -2.63. The lowest BCUT2D eigenvalue weighted by Gasteiger charge is -2.11. The van der Waals surface area contributed by atoms with Gasteiger partial charge < -0.3 is 9.84 Å². The van der Waals surface area contributed by atoms with E-state index >= 15 is 0 Å². The van der Waals surface area contributed by atoms with Gasteiger partial charge in [-0.05, 0) is 35.9 Å². The summed E-state index contributed by atoms with van der Waals surface area (Å²) in [5.41, 5.74) is -0.448. The van der Waals surface area contributed by atoms with E-state index in [1.807, 2.05) is 0 Å². The molecule has 0 atom stereocenters. The largest absolute Gasteiger partial charge is 0.478 e. The summed E-state index contributed by atoms with van der Waals surface area (Å²) in [5, 5.41) is 9.18. The average Bonchev–Trinajstić information content (AvgIpc) is 2.54. The molecule has 2 aromatic carbocycles. The molecule has 2 rings (SSSR count). The molecule has 0 amide bonds. The number of hydrogen-bond donors (Lipinski definition) is 2. The van der Waals surface area contributed by atoms with Crippen molar-refractivity contribution in [1.82, 2.24) is 4.72 Å². The predicted molar refractivity (Wildman–Crippen MR) is 85.8 cm³/mol. The summed E-state index contributed by atoms with van der Waals surface area (Å²) in [6.07, 6.45) is 0. The van der Waals surface area contributed by atoms with Crippen molar-refractivity contribution in [2.45, 2.75) is 4.90 Å². The molecule has 6 nitrogen and oxygen atoms in total. The van der Waals surface area contributed by atoms with Crippen molar-refractivity contribution >= 4 is 16.0 Å². The molecule has 2 aromatic rings. The molecule has 0 aliphatic heterocycles. The van der Waals surface area contributed by atoms with Crippen LogP contribution in [0.25, 0.3) is 11.1 Å². The molecule has 0 saturated heterocycles. The zero-order valence-corrected chi connectivity index (χ0v) is 13.9. The summed E-state index contributed by atoms with van der Waals surface area (Å²) < 4.78 is 58.6. The van der Waals surface area contributed by atoms with Crippen molar-refractivity contribution in [3.63, 3.8) is 0 Å². The standard InChI is InChI=1S/C16H15F2NO5S/c1-24-5-4-19-25(22,23)13-7-10(6-11(8-13)16(20)21)14-3-2-12(17)9-15(14)18/h2-3,6-9,19H,4-5H2,1H3,(H,20,21). The summed E-state index contributed by atoms with van der Waals surface area (Å²) in [6.45, 7) is 0.105. The van der Waals surface area contributed by atoms with Gasteiger partial charge in [-0.1, -0.05) is 0 Å². The Morgan fingerprint density at radius 3 is 2.52 bits per heavy atom. The maximum Gasteiger partial charge on any atom is 0.335 e. The fourth-order valence-corrected chi connectivity index (χ4v) is 3.20. The van der Waals surface area contributed by atoms with Crippen molar-refractivity contribution in [2.24, 2.45) is 0 Å². The number of benzene rings is 2. The molecule has 0 spiro atoms. The van der Waals surface area contributed by atoms with Gasteiger partial charge in [0, 0.05) is 25.3 Å². The Balaban J connectivity index is 2.55. The van der Waals surface area contributed by atoms with Crippen LogP contribution in [0.4, 0.5) is 8.78 Å². The zero-order valence-electron chi connectivity index (χ0n) is 13.1. The number of carbonyl (C=O) groups is 1. The first kappa shape index (κ1) is 19.0. The Morgan fingerprint density at radius 2 is 1.92 bits per heavy atom. The van der Waals surface area contributed by atoms with Gasteiger partial charge in [0.25, 0.3) is 0 Å². The first-order valence-corrected chi connectivity index (χ1v) is 8.55. The van der Waals surface area contributed by atoms with Crippen LogP contribution < -0.4 is 4.72 Å². The number of nitrogens with one attached hydrogen (secondary N) is 1. The topological polar surface area (TPSA) is 92.7 Å². The van der Waals surface area contributed by atoms with Crippen LogP contribution in [0.3, 0.4) is 0 Å². The number of ether oxygens (including phenoxy) is 1. The number of hydrogen-bond acceptors (Lipinski definition) is 4. The van der Waals surface area contributed by atoms with Crippen molar-refractivity contribution in [3.8, 4) is 11.1 Å². The molecule has 0 aliphatic carbocycles. The number of aromatic carboxylic acids is 1. The Hall–Kier alpha value is -2.36. The summed E-state index contributed by atoms with van der Waals surface area (Å²) in [6, 6.07) is 5.94. The average molecular weight is 371 g/mol. The fourth-order valence-electron chi connectivity index (χ4n) is 2.12. The van der Waals surface area contributed by atoms with E-state index in [0.29, 0.717) is 6.07 Å². The van der Waals surface area contributed by atoms with Gasteiger partial charge in [0.1, 0.15) is 11.6 Å². The van der Waals surface area contributed by atoms with Gasteiger partial charge in [0.2, 0.25) is 10.0 Å². The van der Waals surface area contributed by atoms with Crippen molar-refractivity contribution in [2.75, 3.05) is 20.3 Å². The molecule has 0 radical (unpaired) electrons. The highest BCUT2D eigenvalue weighted by molar-refractivity contribution is 7.89. The number of halogens is 2. The highest BCUT2D eigenvalue weighted by Crippen LogP contribution is 2.27. The Morgan fingerprint density at radius 1 is 1.20 bits per heavy atom. The third-order valence-corrected chi connectivity index (χ3v) is 4.74. The van der Waals surface area contributed by atoms with E-state index in [-0.39, 0.29) is 34.7 Å². The molecule has 0 fully saturated rings. The predicted octanol–water partition coefficient (Wildman–Crippen LogP) is 2.25. The second-order valence-electron chi connectivity index (χ2n) is 5.07. The molecule has 0 aliphatic rings. The number of rotatable bonds is 7. The Bertz CT molecular complexity index is 899. The minimum Gasteiger partial charge on any atom is -0.478 e. The normalized spacial score (nSPS) is 11.5. The first-order valence-electron chi connectivity index (χ1n) is 7.07. The van der Waals surface area contributed by atoms with E-state index in [2.05, 4.69) is 4.72 Å². The Labute approximate surface area is 143 Å². The lowest BCUT2D eigenvalue weighted by molar-refractivity contribution is 0.0696. The lowest BCUT2D eigenvalue weighted by atomic mass is 10.0. The molecular weight excluding hydrogens is 356 g/mol. The highest BCUT2D eigenvalue weighted by Gasteiger charge is 2.19. The van der Waals surface area contributed by atoms with Crippen LogP contribution in [0, 0.1) is 11.6 Å². The third-order valence-electron chi connectivity index (χ3n) is 3.30. The molecule has 134 valence electrons. The van der Waals surface area contributed by atoms with Gasteiger partial charge in [-0.2, -0.15) is 0 Å². The Kier molecular flexibility index (Phi) is 5.83. The highest BCUT2D eigenvalue weighted by atomic mass is 32.2. The quantitative estimate of drug-likeness (QED) is 0.729. The van der Waals surface area contributed by atoms with Gasteiger partial charge in [-0.3, -0.25) is 0 Å². The molecule has 0 saturated carbocycles. The molecule has 25 heavy (non-hydrogen) atoms. The number of sulfonamides is 1. The van der Waals surface area contributed by atoms with Crippen LogP contribution in [0.15, 0.2) is 41.3 Å². The van der Waals surface area contributed by atoms with E-state index in [1.165, 1.54) is 7.11 Å². The lowest BCUT2D eigenvalue weighted by Crippen LogP contribution is -2.27. The van der Waals surface area contributed by atoms with Crippen LogP contribution >= 0.6 is 0 Å². The minimum absolute atomic E-state index is 0.00418. The molecule has 0 heterocycles.